The van der Waals surface area contributed by atoms with Crippen molar-refractivity contribution in [3.05, 3.63) is 24.5 Å². The van der Waals surface area contributed by atoms with Gasteiger partial charge in [-0.05, 0) is 43.1 Å². The van der Waals surface area contributed by atoms with Crippen molar-refractivity contribution in [2.24, 2.45) is 10.1 Å². The molecule has 2 atom stereocenters. The standard InChI is InChI=1S/C18H29N5O4SSi/c1-18(2,3)29(4,5)27-23-13-8-9-15(22(12-13)17(23)24)16(19)21-28(25,26)14-7-6-10-20-11-14/h6-7,10-11,13,15H,8-9,12H2,1-5H3,(H2,19,21)/t13-,15?/m1/s1. The van der Waals surface area contributed by atoms with Crippen molar-refractivity contribution < 1.29 is 17.7 Å². The predicted molar refractivity (Wildman–Crippen MR) is 112 cm³/mol. The number of carbonyl (C=O) groups excluding carboxylic acids is 1. The molecule has 0 spiro atoms. The maximum absolute atomic E-state index is 13.0. The number of hydroxylamine groups is 2. The second-order valence-electron chi connectivity index (χ2n) is 9.04. The highest BCUT2D eigenvalue weighted by atomic mass is 32.2. The van der Waals surface area contributed by atoms with Crippen LogP contribution in [0.15, 0.2) is 33.8 Å². The molecular formula is C18H29N5O4SSi. The van der Waals surface area contributed by atoms with Crippen LogP contribution in [-0.4, -0.2) is 62.2 Å². The van der Waals surface area contributed by atoms with Gasteiger partial charge in [-0.3, -0.25) is 4.98 Å². The summed E-state index contributed by atoms with van der Waals surface area (Å²) in [4.78, 5) is 18.4. The number of pyridine rings is 1. The first-order chi connectivity index (χ1) is 13.3. The summed E-state index contributed by atoms with van der Waals surface area (Å²) < 4.78 is 35.0. The first-order valence-electron chi connectivity index (χ1n) is 9.63. The van der Waals surface area contributed by atoms with Gasteiger partial charge in [0.1, 0.15) is 10.7 Å². The number of amidine groups is 1. The van der Waals surface area contributed by atoms with Crippen LogP contribution in [0.1, 0.15) is 33.6 Å². The van der Waals surface area contributed by atoms with Gasteiger partial charge in [-0.15, -0.1) is 4.40 Å². The molecule has 9 nitrogen and oxygen atoms in total. The topological polar surface area (TPSA) is 118 Å². The van der Waals surface area contributed by atoms with E-state index in [0.717, 1.165) is 0 Å². The molecule has 0 aromatic carbocycles. The summed E-state index contributed by atoms with van der Waals surface area (Å²) in [5, 5.41) is 1.44. The molecule has 2 aliphatic rings. The van der Waals surface area contributed by atoms with Gasteiger partial charge in [-0.1, -0.05) is 20.8 Å². The van der Waals surface area contributed by atoms with Gasteiger partial charge in [0.05, 0.1) is 12.1 Å². The summed E-state index contributed by atoms with van der Waals surface area (Å²) in [6, 6.07) is 2.02. The van der Waals surface area contributed by atoms with Gasteiger partial charge < -0.3 is 15.2 Å². The van der Waals surface area contributed by atoms with Gasteiger partial charge in [0, 0.05) is 18.9 Å². The van der Waals surface area contributed by atoms with E-state index < -0.39 is 24.4 Å². The average Bonchev–Trinajstić information content (AvgIpc) is 2.85. The molecule has 2 fully saturated rings. The summed E-state index contributed by atoms with van der Waals surface area (Å²) in [6.45, 7) is 11.0. The van der Waals surface area contributed by atoms with Gasteiger partial charge in [-0.2, -0.15) is 8.42 Å². The van der Waals surface area contributed by atoms with Crippen molar-refractivity contribution in [1.82, 2.24) is 14.9 Å². The molecule has 1 aromatic heterocycles. The van der Waals surface area contributed by atoms with Gasteiger partial charge in [0.2, 0.25) is 8.32 Å². The fraction of sp³-hybridized carbons (Fsp3) is 0.611. The highest BCUT2D eigenvalue weighted by molar-refractivity contribution is 7.90. The molecule has 2 amide bonds. The third-order valence-corrected chi connectivity index (χ3v) is 11.5. The van der Waals surface area contributed by atoms with Crippen LogP contribution in [0.3, 0.4) is 0 Å². The fourth-order valence-electron chi connectivity index (χ4n) is 3.19. The largest absolute Gasteiger partial charge is 0.385 e. The van der Waals surface area contributed by atoms with Crippen LogP contribution in [-0.2, 0) is 14.6 Å². The quantitative estimate of drug-likeness (QED) is 0.427. The smallest absolute Gasteiger partial charge is 0.343 e. The number of nitrogens with two attached hydrogens (primary N) is 1. The van der Waals surface area contributed by atoms with E-state index in [1.807, 2.05) is 0 Å². The molecule has 3 heterocycles. The lowest BCUT2D eigenvalue weighted by atomic mass is 10.0. The molecule has 160 valence electrons. The van der Waals surface area contributed by atoms with Crippen LogP contribution in [0.5, 0.6) is 0 Å². The number of piperidine rings is 1. The molecular weight excluding hydrogens is 410 g/mol. The van der Waals surface area contributed by atoms with Crippen LogP contribution in [0.2, 0.25) is 18.1 Å². The van der Waals surface area contributed by atoms with Gasteiger partial charge >= 0.3 is 6.03 Å². The number of rotatable bonds is 5. The molecule has 29 heavy (non-hydrogen) atoms. The third kappa shape index (κ3) is 4.17. The second-order valence-corrected chi connectivity index (χ2v) is 15.3. The highest BCUT2D eigenvalue weighted by Crippen LogP contribution is 2.40. The number of nitrogens with zero attached hydrogens (tertiary/aromatic N) is 4. The number of amides is 2. The predicted octanol–water partition coefficient (Wildman–Crippen LogP) is 2.33. The third-order valence-electron chi connectivity index (χ3n) is 5.95. The van der Waals surface area contributed by atoms with Crippen molar-refractivity contribution in [3.63, 3.8) is 0 Å². The molecule has 2 aliphatic heterocycles. The second kappa shape index (κ2) is 7.37. The Labute approximate surface area is 173 Å². The first-order valence-corrected chi connectivity index (χ1v) is 14.0. The Morgan fingerprint density at radius 3 is 2.62 bits per heavy atom. The van der Waals surface area contributed by atoms with E-state index in [4.69, 9.17) is 10.3 Å². The van der Waals surface area contributed by atoms with Crippen LogP contribution in [0, 0.1) is 0 Å². The van der Waals surface area contributed by atoms with Crippen molar-refractivity contribution in [3.8, 4) is 0 Å². The summed E-state index contributed by atoms with van der Waals surface area (Å²) in [5.74, 6) is -0.0881. The van der Waals surface area contributed by atoms with Gasteiger partial charge in [0.25, 0.3) is 10.0 Å². The number of fused-ring (bicyclic) bond motifs is 2. The Kier molecular flexibility index (Phi) is 5.52. The number of hydrogen-bond acceptors (Lipinski definition) is 5. The summed E-state index contributed by atoms with van der Waals surface area (Å²) in [6.07, 6.45) is 3.91. The van der Waals surface area contributed by atoms with Crippen LogP contribution in [0.25, 0.3) is 0 Å². The maximum Gasteiger partial charge on any atom is 0.343 e. The van der Waals surface area contributed by atoms with E-state index in [2.05, 4.69) is 43.2 Å². The highest BCUT2D eigenvalue weighted by Gasteiger charge is 2.50. The van der Waals surface area contributed by atoms with Crippen molar-refractivity contribution in [1.29, 1.82) is 0 Å². The monoisotopic (exact) mass is 439 g/mol. The Bertz CT molecular complexity index is 914. The number of hydrogen-bond donors (Lipinski definition) is 1. The maximum atomic E-state index is 13.0. The summed E-state index contributed by atoms with van der Waals surface area (Å²) in [5.41, 5.74) is 6.07. The van der Waals surface area contributed by atoms with Crippen molar-refractivity contribution in [2.75, 3.05) is 6.54 Å². The van der Waals surface area contributed by atoms with Crippen LogP contribution < -0.4 is 5.73 Å². The first kappa shape index (κ1) is 21.7. The van der Waals surface area contributed by atoms with E-state index in [9.17, 15) is 13.2 Å². The normalized spacial score (nSPS) is 23.6. The molecule has 1 unspecified atom stereocenters. The number of aromatic nitrogens is 1. The zero-order valence-corrected chi connectivity index (χ0v) is 19.3. The summed E-state index contributed by atoms with van der Waals surface area (Å²) in [7, 11) is -6.17. The minimum absolute atomic E-state index is 0.0349. The Hall–Kier alpha value is -1.98. The zero-order valence-electron chi connectivity index (χ0n) is 17.5. The fourth-order valence-corrected chi connectivity index (χ4v) is 5.14. The average molecular weight is 440 g/mol. The molecule has 0 radical (unpaired) electrons. The molecule has 11 heteroatoms. The zero-order chi connectivity index (χ0) is 21.6. The van der Waals surface area contributed by atoms with Gasteiger partial charge in [-0.25, -0.2) is 9.86 Å². The molecule has 1 aromatic rings. The lowest BCUT2D eigenvalue weighted by molar-refractivity contribution is -0.0426. The molecule has 2 bridgehead atoms. The lowest BCUT2D eigenvalue weighted by Crippen LogP contribution is -2.50. The SMILES string of the molecule is CC(C)(C)[Si](C)(C)ON1C(=O)N2C[C@H]1CCC2/C(N)=N/S(=O)(=O)c1cccnc1. The minimum atomic E-state index is -3.98. The number of urea groups is 1. The Morgan fingerprint density at radius 1 is 1.34 bits per heavy atom. The Balaban J connectivity index is 1.81. The minimum Gasteiger partial charge on any atom is -0.385 e. The number of sulfonamides is 1. The van der Waals surface area contributed by atoms with Crippen LogP contribution in [0.4, 0.5) is 4.79 Å². The van der Waals surface area contributed by atoms with E-state index in [1.165, 1.54) is 29.6 Å². The van der Waals surface area contributed by atoms with Crippen molar-refractivity contribution in [2.45, 2.75) is 68.7 Å². The molecule has 3 rings (SSSR count). The summed E-state index contributed by atoms with van der Waals surface area (Å²) >= 11 is 0. The van der Waals surface area contributed by atoms with Crippen LogP contribution >= 0.6 is 0 Å². The Morgan fingerprint density at radius 2 is 2.03 bits per heavy atom. The molecule has 0 saturated carbocycles. The number of carbonyl (C=O) groups is 1. The van der Waals surface area contributed by atoms with E-state index >= 15 is 0 Å². The molecule has 2 N–H and O–H groups in total. The van der Waals surface area contributed by atoms with E-state index in [1.54, 1.807) is 4.90 Å². The van der Waals surface area contributed by atoms with Crippen molar-refractivity contribution >= 4 is 30.2 Å². The van der Waals surface area contributed by atoms with E-state index in [-0.39, 0.29) is 27.8 Å². The lowest BCUT2D eigenvalue weighted by Gasteiger charge is -2.39. The van der Waals surface area contributed by atoms with Gasteiger partial charge in [0.15, 0.2) is 0 Å². The molecule has 2 saturated heterocycles. The molecule has 0 aliphatic carbocycles. The van der Waals surface area contributed by atoms with E-state index in [0.29, 0.717) is 19.4 Å².